The van der Waals surface area contributed by atoms with Gasteiger partial charge in [0.25, 0.3) is 5.91 Å². The van der Waals surface area contributed by atoms with Crippen molar-refractivity contribution in [3.63, 3.8) is 0 Å². The summed E-state index contributed by atoms with van der Waals surface area (Å²) in [6.07, 6.45) is 2.47. The summed E-state index contributed by atoms with van der Waals surface area (Å²) in [6.45, 7) is 3.79. The molecule has 0 bridgehead atoms. The standard InChI is InChI=1S/C20H19N5O4S2/c1-12-9-14(13(2)25(12)16-7-5-6-8-17(16)29-3)10-15(11-21)18(26)22-19-23-24-20(30-19)31(4,27)28/h5-10H,1-4H3,(H,22,23,26). The zero-order valence-electron chi connectivity index (χ0n) is 17.2. The molecular weight excluding hydrogens is 438 g/mol. The number of ether oxygens (including phenoxy) is 1. The number of aromatic nitrogens is 3. The summed E-state index contributed by atoms with van der Waals surface area (Å²) in [5, 5.41) is 19.1. The number of aryl methyl sites for hydroxylation is 1. The SMILES string of the molecule is COc1ccccc1-n1c(C)cc(C=C(C#N)C(=O)Nc2nnc(S(C)(=O)=O)s2)c1C. The number of nitrogens with zero attached hydrogens (tertiary/aromatic N) is 4. The molecule has 1 amide bonds. The van der Waals surface area contributed by atoms with Crippen LogP contribution >= 0.6 is 11.3 Å². The lowest BCUT2D eigenvalue weighted by molar-refractivity contribution is -0.112. The van der Waals surface area contributed by atoms with Crippen molar-refractivity contribution in [1.82, 2.24) is 14.8 Å². The number of nitrogens with one attached hydrogen (secondary N) is 1. The van der Waals surface area contributed by atoms with Gasteiger partial charge in [-0.05, 0) is 43.7 Å². The number of methoxy groups -OCH3 is 1. The number of sulfone groups is 1. The molecule has 3 aromatic rings. The van der Waals surface area contributed by atoms with E-state index in [0.717, 1.165) is 23.3 Å². The van der Waals surface area contributed by atoms with E-state index in [9.17, 15) is 18.5 Å². The molecule has 2 heterocycles. The van der Waals surface area contributed by atoms with E-state index in [4.69, 9.17) is 4.74 Å². The fourth-order valence-corrected chi connectivity index (χ4v) is 4.50. The Morgan fingerprint density at radius 3 is 2.61 bits per heavy atom. The third kappa shape index (κ3) is 4.65. The molecule has 0 fully saturated rings. The van der Waals surface area contributed by atoms with Gasteiger partial charge in [0.2, 0.25) is 19.3 Å². The van der Waals surface area contributed by atoms with Crippen LogP contribution in [0.2, 0.25) is 0 Å². The highest BCUT2D eigenvalue weighted by Gasteiger charge is 2.19. The second-order valence-corrected chi connectivity index (χ2v) is 9.77. The van der Waals surface area contributed by atoms with Gasteiger partial charge >= 0.3 is 0 Å². The Morgan fingerprint density at radius 2 is 2.00 bits per heavy atom. The summed E-state index contributed by atoms with van der Waals surface area (Å²) in [5.74, 6) is -0.0168. The Labute approximate surface area is 183 Å². The highest BCUT2D eigenvalue weighted by molar-refractivity contribution is 7.92. The van der Waals surface area contributed by atoms with Crippen molar-refractivity contribution < 1.29 is 17.9 Å². The highest BCUT2D eigenvalue weighted by atomic mass is 32.2. The first-order chi connectivity index (χ1) is 14.7. The van der Waals surface area contributed by atoms with Crippen LogP contribution in [0.1, 0.15) is 17.0 Å². The molecule has 0 aliphatic rings. The fourth-order valence-electron chi connectivity index (χ4n) is 3.00. The van der Waals surface area contributed by atoms with Gasteiger partial charge in [0.1, 0.15) is 17.4 Å². The number of carbonyl (C=O) groups excluding carboxylic acids is 1. The topological polar surface area (TPSA) is 127 Å². The molecule has 0 saturated carbocycles. The largest absolute Gasteiger partial charge is 0.495 e. The minimum Gasteiger partial charge on any atom is -0.495 e. The molecule has 0 atom stereocenters. The van der Waals surface area contributed by atoms with Gasteiger partial charge in [-0.3, -0.25) is 10.1 Å². The maximum absolute atomic E-state index is 12.5. The predicted octanol–water partition coefficient (Wildman–Crippen LogP) is 2.90. The molecule has 9 nitrogen and oxygen atoms in total. The number of anilines is 1. The molecule has 0 spiro atoms. The van der Waals surface area contributed by atoms with Gasteiger partial charge in [-0.1, -0.05) is 23.5 Å². The molecule has 1 aromatic carbocycles. The van der Waals surface area contributed by atoms with Crippen molar-refractivity contribution in [2.24, 2.45) is 0 Å². The molecule has 0 aliphatic heterocycles. The normalized spacial score (nSPS) is 11.8. The number of carbonyl (C=O) groups is 1. The molecule has 160 valence electrons. The quantitative estimate of drug-likeness (QED) is 0.342. The van der Waals surface area contributed by atoms with Crippen molar-refractivity contribution in [1.29, 1.82) is 5.26 Å². The van der Waals surface area contributed by atoms with Crippen LogP contribution in [-0.4, -0.2) is 42.5 Å². The van der Waals surface area contributed by atoms with E-state index in [1.165, 1.54) is 6.08 Å². The zero-order valence-corrected chi connectivity index (χ0v) is 18.8. The van der Waals surface area contributed by atoms with Crippen LogP contribution in [0.4, 0.5) is 5.13 Å². The van der Waals surface area contributed by atoms with Crippen LogP contribution in [0.5, 0.6) is 5.75 Å². The van der Waals surface area contributed by atoms with E-state index in [-0.39, 0.29) is 15.0 Å². The smallest absolute Gasteiger partial charge is 0.268 e. The molecule has 1 N–H and O–H groups in total. The number of nitriles is 1. The van der Waals surface area contributed by atoms with Crippen molar-refractivity contribution in [3.8, 4) is 17.5 Å². The van der Waals surface area contributed by atoms with Crippen LogP contribution in [-0.2, 0) is 14.6 Å². The maximum Gasteiger partial charge on any atom is 0.268 e. The summed E-state index contributed by atoms with van der Waals surface area (Å²) >= 11 is 0.717. The van der Waals surface area contributed by atoms with E-state index in [2.05, 4.69) is 15.5 Å². The fraction of sp³-hybridized carbons (Fsp3) is 0.200. The lowest BCUT2D eigenvalue weighted by Crippen LogP contribution is -2.13. The average molecular weight is 458 g/mol. The van der Waals surface area contributed by atoms with Crippen molar-refractivity contribution >= 4 is 38.3 Å². The van der Waals surface area contributed by atoms with Crippen molar-refractivity contribution in [3.05, 3.63) is 52.9 Å². The molecule has 31 heavy (non-hydrogen) atoms. The lowest BCUT2D eigenvalue weighted by atomic mass is 10.1. The van der Waals surface area contributed by atoms with Crippen LogP contribution in [0.15, 0.2) is 40.2 Å². The van der Waals surface area contributed by atoms with E-state index < -0.39 is 15.7 Å². The Bertz CT molecular complexity index is 1330. The maximum atomic E-state index is 12.5. The first-order valence-electron chi connectivity index (χ1n) is 8.94. The Hall–Kier alpha value is -3.49. The minimum absolute atomic E-state index is 0.00827. The molecule has 0 aliphatic carbocycles. The molecule has 0 saturated heterocycles. The van der Waals surface area contributed by atoms with E-state index in [1.54, 1.807) is 7.11 Å². The third-order valence-electron chi connectivity index (χ3n) is 4.41. The molecule has 2 aromatic heterocycles. The van der Waals surface area contributed by atoms with Crippen LogP contribution in [0.3, 0.4) is 0 Å². The van der Waals surface area contributed by atoms with Gasteiger partial charge in [0.15, 0.2) is 0 Å². The first-order valence-corrected chi connectivity index (χ1v) is 11.7. The molecule has 11 heteroatoms. The monoisotopic (exact) mass is 457 g/mol. The number of amides is 1. The highest BCUT2D eigenvalue weighted by Crippen LogP contribution is 2.29. The number of rotatable bonds is 6. The summed E-state index contributed by atoms with van der Waals surface area (Å²) in [6, 6.07) is 11.3. The third-order valence-corrected chi connectivity index (χ3v) is 6.91. The summed E-state index contributed by atoms with van der Waals surface area (Å²) in [7, 11) is -1.94. The number of benzene rings is 1. The van der Waals surface area contributed by atoms with Crippen molar-refractivity contribution in [2.75, 3.05) is 18.7 Å². The second-order valence-electron chi connectivity index (χ2n) is 6.60. The van der Waals surface area contributed by atoms with Crippen molar-refractivity contribution in [2.45, 2.75) is 18.2 Å². The van der Waals surface area contributed by atoms with Gasteiger partial charge in [-0.2, -0.15) is 5.26 Å². The molecular formula is C20H19N5O4S2. The average Bonchev–Trinajstić information content (AvgIpc) is 3.30. The van der Waals surface area contributed by atoms with Gasteiger partial charge in [0, 0.05) is 17.6 Å². The van der Waals surface area contributed by atoms with E-state index >= 15 is 0 Å². The Morgan fingerprint density at radius 1 is 1.29 bits per heavy atom. The Kier molecular flexibility index (Phi) is 6.24. The summed E-state index contributed by atoms with van der Waals surface area (Å²) < 4.78 is 30.2. The zero-order chi connectivity index (χ0) is 22.8. The number of hydrogen-bond acceptors (Lipinski definition) is 8. The predicted molar refractivity (Wildman–Crippen MR) is 117 cm³/mol. The minimum atomic E-state index is -3.53. The van der Waals surface area contributed by atoms with Gasteiger partial charge in [-0.15, -0.1) is 10.2 Å². The van der Waals surface area contributed by atoms with Gasteiger partial charge < -0.3 is 9.30 Å². The van der Waals surface area contributed by atoms with Gasteiger partial charge in [-0.25, -0.2) is 8.42 Å². The first kappa shape index (κ1) is 22.2. The van der Waals surface area contributed by atoms with E-state index in [1.807, 2.05) is 54.8 Å². The number of hydrogen-bond donors (Lipinski definition) is 1. The Balaban J connectivity index is 1.94. The molecule has 3 rings (SSSR count). The number of para-hydroxylation sites is 2. The van der Waals surface area contributed by atoms with Crippen LogP contribution in [0.25, 0.3) is 11.8 Å². The lowest BCUT2D eigenvalue weighted by Gasteiger charge is -2.13. The van der Waals surface area contributed by atoms with Crippen LogP contribution < -0.4 is 10.1 Å². The van der Waals surface area contributed by atoms with Crippen LogP contribution in [0, 0.1) is 25.2 Å². The molecule has 0 radical (unpaired) electrons. The van der Waals surface area contributed by atoms with E-state index in [0.29, 0.717) is 22.6 Å². The molecule has 0 unspecified atom stereocenters. The summed E-state index contributed by atoms with van der Waals surface area (Å²) in [4.78, 5) is 12.5. The second kappa shape index (κ2) is 8.71. The summed E-state index contributed by atoms with van der Waals surface area (Å²) in [5.41, 5.74) is 3.08. The van der Waals surface area contributed by atoms with Gasteiger partial charge in [0.05, 0.1) is 12.8 Å².